The lowest BCUT2D eigenvalue weighted by Gasteiger charge is -2.19. The Bertz CT molecular complexity index is 539. The van der Waals surface area contributed by atoms with E-state index in [0.717, 1.165) is 6.42 Å². The molecule has 118 valence electrons. The van der Waals surface area contributed by atoms with Gasteiger partial charge in [-0.05, 0) is 17.9 Å². The lowest BCUT2D eigenvalue weighted by molar-refractivity contribution is 0.0587. The standard InChI is InChI=1S/C14H18Cl3NO3/c1-13(2,3)5-6-18-8-9(11(19)14(15,16)17)7-10(18)12(20)21-4/h7-8H,5-6H2,1-4H3. The highest BCUT2D eigenvalue weighted by atomic mass is 35.6. The van der Waals surface area contributed by atoms with Crippen molar-refractivity contribution >= 4 is 46.6 Å². The monoisotopic (exact) mass is 353 g/mol. The average molecular weight is 355 g/mol. The molecule has 21 heavy (non-hydrogen) atoms. The highest BCUT2D eigenvalue weighted by Gasteiger charge is 2.33. The van der Waals surface area contributed by atoms with Crippen LogP contribution in [0.3, 0.4) is 0 Å². The van der Waals surface area contributed by atoms with Crippen molar-refractivity contribution in [2.75, 3.05) is 7.11 Å². The Morgan fingerprint density at radius 2 is 1.81 bits per heavy atom. The number of alkyl halides is 3. The number of esters is 1. The van der Waals surface area contributed by atoms with Gasteiger partial charge in [-0.15, -0.1) is 0 Å². The number of carbonyl (C=O) groups excluding carboxylic acids is 2. The second-order valence-electron chi connectivity index (χ2n) is 5.94. The van der Waals surface area contributed by atoms with E-state index in [-0.39, 0.29) is 16.7 Å². The van der Waals surface area contributed by atoms with Crippen LogP contribution in [-0.4, -0.2) is 27.2 Å². The summed E-state index contributed by atoms with van der Waals surface area (Å²) in [4.78, 5) is 23.8. The number of Topliss-reactive ketones (excluding diaryl/α,β-unsaturated/α-hetero) is 1. The van der Waals surface area contributed by atoms with Gasteiger partial charge in [-0.1, -0.05) is 55.6 Å². The van der Waals surface area contributed by atoms with Gasteiger partial charge in [0.15, 0.2) is 0 Å². The molecular formula is C14H18Cl3NO3. The Hall–Kier alpha value is -0.710. The maximum absolute atomic E-state index is 12.0. The van der Waals surface area contributed by atoms with Gasteiger partial charge >= 0.3 is 5.97 Å². The fourth-order valence-corrected chi connectivity index (χ4v) is 2.04. The summed E-state index contributed by atoms with van der Waals surface area (Å²) >= 11 is 16.8. The van der Waals surface area contributed by atoms with Gasteiger partial charge in [0.2, 0.25) is 5.78 Å². The van der Waals surface area contributed by atoms with Gasteiger partial charge in [-0.2, -0.15) is 0 Å². The topological polar surface area (TPSA) is 48.3 Å². The summed E-state index contributed by atoms with van der Waals surface area (Å²) in [5, 5.41) is 0. The van der Waals surface area contributed by atoms with Crippen LogP contribution in [0.5, 0.6) is 0 Å². The first kappa shape index (κ1) is 18.3. The Morgan fingerprint density at radius 3 is 2.24 bits per heavy atom. The molecule has 4 nitrogen and oxygen atoms in total. The van der Waals surface area contributed by atoms with Crippen LogP contribution in [0.15, 0.2) is 12.3 Å². The Balaban J connectivity index is 3.13. The number of ketones is 1. The first-order valence-electron chi connectivity index (χ1n) is 6.36. The number of carbonyl (C=O) groups is 2. The van der Waals surface area contributed by atoms with Gasteiger partial charge in [0.05, 0.1) is 7.11 Å². The zero-order chi connectivity index (χ0) is 16.4. The Labute approximate surface area is 139 Å². The summed E-state index contributed by atoms with van der Waals surface area (Å²) in [7, 11) is 1.28. The first-order valence-corrected chi connectivity index (χ1v) is 7.49. The molecule has 0 radical (unpaired) electrons. The molecule has 0 saturated carbocycles. The minimum atomic E-state index is -2.05. The Kier molecular flexibility index (Phi) is 5.76. The van der Waals surface area contributed by atoms with E-state index in [1.165, 1.54) is 19.4 Å². The van der Waals surface area contributed by atoms with Crippen molar-refractivity contribution in [3.8, 4) is 0 Å². The quantitative estimate of drug-likeness (QED) is 0.461. The number of aryl methyl sites for hydroxylation is 1. The number of halogens is 3. The molecule has 7 heteroatoms. The number of methoxy groups -OCH3 is 1. The van der Waals surface area contributed by atoms with Crippen LogP contribution in [0, 0.1) is 5.41 Å². The van der Waals surface area contributed by atoms with Crippen LogP contribution in [0.25, 0.3) is 0 Å². The third kappa shape index (κ3) is 5.20. The lowest BCUT2D eigenvalue weighted by atomic mass is 9.92. The van der Waals surface area contributed by atoms with E-state index in [4.69, 9.17) is 39.5 Å². The van der Waals surface area contributed by atoms with Crippen molar-refractivity contribution in [1.82, 2.24) is 4.57 Å². The second-order valence-corrected chi connectivity index (χ2v) is 8.22. The summed E-state index contributed by atoms with van der Waals surface area (Å²) in [5.41, 5.74) is 0.514. The number of hydrogen-bond donors (Lipinski definition) is 0. The van der Waals surface area contributed by atoms with Crippen LogP contribution < -0.4 is 0 Å². The predicted molar refractivity (Wildman–Crippen MR) is 84.5 cm³/mol. The van der Waals surface area contributed by atoms with Crippen LogP contribution in [0.4, 0.5) is 0 Å². The molecule has 0 aliphatic rings. The van der Waals surface area contributed by atoms with Gasteiger partial charge in [0, 0.05) is 18.3 Å². The Morgan fingerprint density at radius 1 is 1.24 bits per heavy atom. The molecule has 0 amide bonds. The van der Waals surface area contributed by atoms with Crippen LogP contribution in [-0.2, 0) is 11.3 Å². The van der Waals surface area contributed by atoms with Crippen molar-refractivity contribution in [3.05, 3.63) is 23.5 Å². The SMILES string of the molecule is COC(=O)c1cc(C(=O)C(Cl)(Cl)Cl)cn1CCC(C)(C)C. The summed E-state index contributed by atoms with van der Waals surface area (Å²) in [6.07, 6.45) is 2.33. The second kappa shape index (κ2) is 6.59. The molecule has 1 rings (SSSR count). The van der Waals surface area contributed by atoms with Gasteiger partial charge in [-0.25, -0.2) is 4.79 Å². The highest BCUT2D eigenvalue weighted by Crippen LogP contribution is 2.31. The molecule has 1 aromatic rings. The van der Waals surface area contributed by atoms with Crippen LogP contribution in [0.2, 0.25) is 0 Å². The number of aromatic nitrogens is 1. The lowest BCUT2D eigenvalue weighted by Crippen LogP contribution is -2.18. The van der Waals surface area contributed by atoms with E-state index < -0.39 is 15.5 Å². The number of ether oxygens (including phenoxy) is 1. The first-order chi connectivity index (χ1) is 9.45. The molecule has 0 aliphatic carbocycles. The van der Waals surface area contributed by atoms with Crippen molar-refractivity contribution < 1.29 is 14.3 Å². The van der Waals surface area contributed by atoms with E-state index >= 15 is 0 Å². The van der Waals surface area contributed by atoms with Gasteiger partial charge in [0.25, 0.3) is 3.79 Å². The summed E-state index contributed by atoms with van der Waals surface area (Å²) in [5.74, 6) is -1.21. The molecule has 0 fully saturated rings. The summed E-state index contributed by atoms with van der Waals surface area (Å²) in [6, 6.07) is 1.39. The van der Waals surface area contributed by atoms with E-state index in [9.17, 15) is 9.59 Å². The minimum absolute atomic E-state index is 0.0804. The molecule has 0 bridgehead atoms. The third-order valence-electron chi connectivity index (χ3n) is 2.91. The molecule has 0 saturated heterocycles. The van der Waals surface area contributed by atoms with Crippen LogP contribution >= 0.6 is 34.8 Å². The van der Waals surface area contributed by atoms with Gasteiger partial charge < -0.3 is 9.30 Å². The van der Waals surface area contributed by atoms with Crippen molar-refractivity contribution in [1.29, 1.82) is 0 Å². The fraction of sp³-hybridized carbons (Fsp3) is 0.571. The maximum atomic E-state index is 12.0. The molecule has 0 N–H and O–H groups in total. The molecule has 0 aromatic carbocycles. The van der Waals surface area contributed by atoms with Gasteiger partial charge in [-0.3, -0.25) is 4.79 Å². The molecule has 0 atom stereocenters. The zero-order valence-electron chi connectivity index (χ0n) is 12.4. The average Bonchev–Trinajstić information content (AvgIpc) is 2.76. The zero-order valence-corrected chi connectivity index (χ0v) is 14.6. The molecular weight excluding hydrogens is 337 g/mol. The van der Waals surface area contributed by atoms with Crippen molar-refractivity contribution in [2.45, 2.75) is 37.5 Å². The van der Waals surface area contributed by atoms with Crippen LogP contribution in [0.1, 0.15) is 48.0 Å². The minimum Gasteiger partial charge on any atom is -0.464 e. The highest BCUT2D eigenvalue weighted by molar-refractivity contribution is 6.77. The fourth-order valence-electron chi connectivity index (χ4n) is 1.71. The molecule has 1 aromatic heterocycles. The number of hydrogen-bond acceptors (Lipinski definition) is 3. The van der Waals surface area contributed by atoms with E-state index in [1.807, 2.05) is 0 Å². The van der Waals surface area contributed by atoms with E-state index in [1.54, 1.807) is 4.57 Å². The predicted octanol–water partition coefficient (Wildman–Crippen LogP) is 4.26. The third-order valence-corrected chi connectivity index (χ3v) is 3.43. The smallest absolute Gasteiger partial charge is 0.354 e. The molecule has 1 heterocycles. The normalized spacial score (nSPS) is 12.3. The number of rotatable bonds is 4. The molecule has 0 aliphatic heterocycles. The molecule has 0 unspecified atom stereocenters. The van der Waals surface area contributed by atoms with Gasteiger partial charge in [0.1, 0.15) is 5.69 Å². The number of nitrogens with zero attached hydrogens (tertiary/aromatic N) is 1. The van der Waals surface area contributed by atoms with E-state index in [2.05, 4.69) is 20.8 Å². The van der Waals surface area contributed by atoms with E-state index in [0.29, 0.717) is 6.54 Å². The molecule has 0 spiro atoms. The summed E-state index contributed by atoms with van der Waals surface area (Å²) in [6.45, 7) is 6.81. The maximum Gasteiger partial charge on any atom is 0.354 e. The van der Waals surface area contributed by atoms with Crippen molar-refractivity contribution in [2.24, 2.45) is 5.41 Å². The largest absolute Gasteiger partial charge is 0.464 e. The summed E-state index contributed by atoms with van der Waals surface area (Å²) < 4.78 is 4.32. The van der Waals surface area contributed by atoms with Crippen molar-refractivity contribution in [3.63, 3.8) is 0 Å².